The summed E-state index contributed by atoms with van der Waals surface area (Å²) in [7, 11) is 0. The molecule has 2 saturated heterocycles. The molecule has 2 aliphatic heterocycles. The van der Waals surface area contributed by atoms with Crippen LogP contribution in [-0.4, -0.2) is 53.8 Å². The van der Waals surface area contributed by atoms with Gasteiger partial charge < -0.3 is 15.0 Å². The molecule has 0 unspecified atom stereocenters. The SMILES string of the molecule is O=C(Nc1ccccc1)[C@@H]1CCCN(CN2CCOC2=S)C1. The fourth-order valence-electron chi connectivity index (χ4n) is 2.96. The molecule has 118 valence electrons. The minimum absolute atomic E-state index is 0.0334. The number of piperidine rings is 1. The molecular weight excluding hydrogens is 298 g/mol. The van der Waals surface area contributed by atoms with Crippen LogP contribution in [0, 0.1) is 5.92 Å². The van der Waals surface area contributed by atoms with Crippen LogP contribution in [0.15, 0.2) is 30.3 Å². The van der Waals surface area contributed by atoms with Crippen molar-refractivity contribution < 1.29 is 9.53 Å². The minimum Gasteiger partial charge on any atom is -0.469 e. The summed E-state index contributed by atoms with van der Waals surface area (Å²) in [5, 5.41) is 3.58. The number of benzene rings is 1. The largest absolute Gasteiger partial charge is 0.469 e. The van der Waals surface area contributed by atoms with Crippen molar-refractivity contribution in [3.63, 3.8) is 0 Å². The Labute approximate surface area is 136 Å². The van der Waals surface area contributed by atoms with E-state index in [1.54, 1.807) is 0 Å². The molecule has 22 heavy (non-hydrogen) atoms. The normalized spacial score (nSPS) is 22.5. The molecule has 1 aromatic rings. The van der Waals surface area contributed by atoms with Crippen LogP contribution in [0.3, 0.4) is 0 Å². The van der Waals surface area contributed by atoms with E-state index in [1.165, 1.54) is 0 Å². The number of hydrogen-bond donors (Lipinski definition) is 1. The molecule has 0 radical (unpaired) electrons. The van der Waals surface area contributed by atoms with E-state index in [9.17, 15) is 4.79 Å². The van der Waals surface area contributed by atoms with Crippen LogP contribution in [0.4, 0.5) is 5.69 Å². The lowest BCUT2D eigenvalue weighted by Crippen LogP contribution is -2.46. The lowest BCUT2D eigenvalue weighted by Gasteiger charge is -2.34. The monoisotopic (exact) mass is 319 g/mol. The fraction of sp³-hybridized carbons (Fsp3) is 0.500. The highest BCUT2D eigenvalue weighted by Gasteiger charge is 2.28. The number of amides is 1. The van der Waals surface area contributed by atoms with E-state index in [4.69, 9.17) is 17.0 Å². The maximum atomic E-state index is 12.4. The van der Waals surface area contributed by atoms with E-state index >= 15 is 0 Å². The first-order valence-electron chi connectivity index (χ1n) is 7.72. The average Bonchev–Trinajstić information content (AvgIpc) is 2.94. The van der Waals surface area contributed by atoms with Gasteiger partial charge >= 0.3 is 0 Å². The molecule has 1 atom stereocenters. The summed E-state index contributed by atoms with van der Waals surface area (Å²) in [4.78, 5) is 16.8. The van der Waals surface area contributed by atoms with Crippen LogP contribution in [0.25, 0.3) is 0 Å². The Morgan fingerprint density at radius 3 is 2.86 bits per heavy atom. The maximum Gasteiger partial charge on any atom is 0.260 e. The van der Waals surface area contributed by atoms with E-state index in [0.29, 0.717) is 11.8 Å². The zero-order valence-electron chi connectivity index (χ0n) is 12.5. The number of rotatable bonds is 4. The summed E-state index contributed by atoms with van der Waals surface area (Å²) in [6.45, 7) is 4.06. The maximum absolute atomic E-state index is 12.4. The average molecular weight is 319 g/mol. The molecule has 1 aromatic carbocycles. The van der Waals surface area contributed by atoms with Crippen LogP contribution in [0.2, 0.25) is 0 Å². The van der Waals surface area contributed by atoms with Gasteiger partial charge in [0.25, 0.3) is 5.17 Å². The third-order valence-corrected chi connectivity index (χ3v) is 4.51. The summed E-state index contributed by atoms with van der Waals surface area (Å²) in [5.74, 6) is 0.141. The van der Waals surface area contributed by atoms with E-state index in [2.05, 4.69) is 15.1 Å². The number of carbonyl (C=O) groups excluding carboxylic acids is 1. The quantitative estimate of drug-likeness (QED) is 0.859. The number of hydrogen-bond acceptors (Lipinski definition) is 4. The molecule has 2 aliphatic rings. The van der Waals surface area contributed by atoms with Crippen LogP contribution in [0.1, 0.15) is 12.8 Å². The topological polar surface area (TPSA) is 44.8 Å². The van der Waals surface area contributed by atoms with Gasteiger partial charge in [-0.25, -0.2) is 0 Å². The number of para-hydroxylation sites is 1. The molecule has 1 amide bonds. The molecule has 6 heteroatoms. The predicted octanol–water partition coefficient (Wildman–Crippen LogP) is 1.91. The third-order valence-electron chi connectivity index (χ3n) is 4.13. The van der Waals surface area contributed by atoms with E-state index in [1.807, 2.05) is 30.3 Å². The van der Waals surface area contributed by atoms with Crippen molar-refractivity contribution in [3.8, 4) is 0 Å². The summed E-state index contributed by atoms with van der Waals surface area (Å²) < 4.78 is 5.31. The molecular formula is C16H21N3O2S. The second-order valence-electron chi connectivity index (χ2n) is 5.79. The second-order valence-corrected chi connectivity index (χ2v) is 6.14. The number of likely N-dealkylation sites (tertiary alicyclic amines) is 1. The zero-order chi connectivity index (χ0) is 15.4. The zero-order valence-corrected chi connectivity index (χ0v) is 13.3. The highest BCUT2D eigenvalue weighted by molar-refractivity contribution is 7.80. The molecule has 0 spiro atoms. The van der Waals surface area contributed by atoms with E-state index in [-0.39, 0.29) is 11.8 Å². The summed E-state index contributed by atoms with van der Waals surface area (Å²) in [6.07, 6.45) is 1.98. The summed E-state index contributed by atoms with van der Waals surface area (Å²) in [6, 6.07) is 9.63. The first kappa shape index (κ1) is 15.2. The number of carbonyl (C=O) groups is 1. The van der Waals surface area contributed by atoms with Crippen molar-refractivity contribution in [1.29, 1.82) is 0 Å². The summed E-state index contributed by atoms with van der Waals surface area (Å²) in [5.41, 5.74) is 0.860. The van der Waals surface area contributed by atoms with Gasteiger partial charge in [-0.2, -0.15) is 0 Å². The Balaban J connectivity index is 1.53. The molecule has 0 aromatic heterocycles. The van der Waals surface area contributed by atoms with Gasteiger partial charge in [-0.3, -0.25) is 9.69 Å². The first-order valence-corrected chi connectivity index (χ1v) is 8.13. The molecule has 2 heterocycles. The van der Waals surface area contributed by atoms with Crippen LogP contribution < -0.4 is 5.32 Å². The van der Waals surface area contributed by atoms with Crippen LogP contribution in [0.5, 0.6) is 0 Å². The van der Waals surface area contributed by atoms with Crippen molar-refractivity contribution in [3.05, 3.63) is 30.3 Å². The first-order chi connectivity index (χ1) is 10.7. The second kappa shape index (κ2) is 7.07. The molecule has 0 saturated carbocycles. The highest BCUT2D eigenvalue weighted by Crippen LogP contribution is 2.19. The molecule has 1 N–H and O–H groups in total. The van der Waals surface area contributed by atoms with Gasteiger partial charge in [-0.05, 0) is 43.7 Å². The van der Waals surface area contributed by atoms with Crippen molar-refractivity contribution in [2.75, 3.05) is 38.2 Å². The Kier molecular flexibility index (Phi) is 4.90. The van der Waals surface area contributed by atoms with Gasteiger partial charge in [0.05, 0.1) is 19.1 Å². The van der Waals surface area contributed by atoms with Crippen molar-refractivity contribution in [2.45, 2.75) is 12.8 Å². The lowest BCUT2D eigenvalue weighted by molar-refractivity contribution is -0.121. The van der Waals surface area contributed by atoms with Gasteiger partial charge in [-0.1, -0.05) is 18.2 Å². The van der Waals surface area contributed by atoms with Crippen molar-refractivity contribution >= 4 is 29.0 Å². The third kappa shape index (κ3) is 3.75. The molecule has 0 bridgehead atoms. The predicted molar refractivity (Wildman–Crippen MR) is 89.5 cm³/mol. The Bertz CT molecular complexity index is 537. The van der Waals surface area contributed by atoms with E-state index in [0.717, 1.165) is 44.8 Å². The van der Waals surface area contributed by atoms with Gasteiger partial charge in [-0.15, -0.1) is 0 Å². The number of nitrogens with one attached hydrogen (secondary N) is 1. The van der Waals surface area contributed by atoms with Gasteiger partial charge in [0.2, 0.25) is 5.91 Å². The molecule has 0 aliphatic carbocycles. The van der Waals surface area contributed by atoms with Gasteiger partial charge in [0, 0.05) is 12.2 Å². The Hall–Kier alpha value is -1.66. The van der Waals surface area contributed by atoms with Crippen LogP contribution >= 0.6 is 12.2 Å². The summed E-state index contributed by atoms with van der Waals surface area (Å²) >= 11 is 5.17. The highest BCUT2D eigenvalue weighted by atomic mass is 32.1. The molecule has 3 rings (SSSR count). The lowest BCUT2D eigenvalue weighted by atomic mass is 9.97. The number of nitrogens with zero attached hydrogens (tertiary/aromatic N) is 2. The van der Waals surface area contributed by atoms with Crippen molar-refractivity contribution in [1.82, 2.24) is 9.80 Å². The van der Waals surface area contributed by atoms with Gasteiger partial charge in [0.15, 0.2) is 0 Å². The molecule has 2 fully saturated rings. The number of ether oxygens (including phenoxy) is 1. The van der Waals surface area contributed by atoms with Crippen LogP contribution in [-0.2, 0) is 9.53 Å². The fourth-order valence-corrected chi connectivity index (χ4v) is 3.19. The number of anilines is 1. The van der Waals surface area contributed by atoms with Gasteiger partial charge in [0.1, 0.15) is 6.61 Å². The standard InChI is InChI=1S/C16H21N3O2S/c20-15(17-14-6-2-1-3-7-14)13-5-4-8-18(11-13)12-19-9-10-21-16(19)22/h1-3,6-7,13H,4-5,8-12H2,(H,17,20)/t13-/m1/s1. The molecule has 5 nitrogen and oxygen atoms in total. The smallest absolute Gasteiger partial charge is 0.260 e. The Morgan fingerprint density at radius 2 is 2.14 bits per heavy atom. The number of thiocarbonyl (C=S) groups is 1. The minimum atomic E-state index is 0.0334. The van der Waals surface area contributed by atoms with Crippen molar-refractivity contribution in [2.24, 2.45) is 5.92 Å². The van der Waals surface area contributed by atoms with E-state index < -0.39 is 0 Å². The Morgan fingerprint density at radius 1 is 1.32 bits per heavy atom.